The molecule has 0 spiro atoms. The largest absolute Gasteiger partial charge is 0.411 e. The van der Waals surface area contributed by atoms with Crippen LogP contribution >= 0.6 is 11.8 Å². The van der Waals surface area contributed by atoms with Gasteiger partial charge in [-0.1, -0.05) is 42.1 Å². The molecule has 0 fully saturated rings. The first-order valence-corrected chi connectivity index (χ1v) is 9.12. The van der Waals surface area contributed by atoms with Crippen molar-refractivity contribution in [2.75, 3.05) is 5.32 Å². The monoisotopic (exact) mass is 382 g/mol. The number of carbonyl (C=O) groups excluding carboxylic acids is 1. The molecule has 2 aromatic carbocycles. The van der Waals surface area contributed by atoms with Crippen molar-refractivity contribution in [2.45, 2.75) is 17.4 Å². The fraction of sp³-hybridized carbons (Fsp3) is 0.105. The van der Waals surface area contributed by atoms with Crippen LogP contribution < -0.4 is 5.32 Å². The number of rotatable bonds is 5. The van der Waals surface area contributed by atoms with E-state index in [1.807, 2.05) is 24.3 Å². The van der Waals surface area contributed by atoms with Crippen LogP contribution in [0.1, 0.15) is 6.92 Å². The van der Waals surface area contributed by atoms with Crippen LogP contribution in [0.5, 0.6) is 0 Å². The summed E-state index contributed by atoms with van der Waals surface area (Å²) in [7, 11) is 0. The van der Waals surface area contributed by atoms with Gasteiger partial charge in [-0.05, 0) is 25.1 Å². The third kappa shape index (κ3) is 3.56. The molecule has 2 N–H and O–H groups in total. The highest BCUT2D eigenvalue weighted by Crippen LogP contribution is 2.31. The number of halogens is 1. The van der Waals surface area contributed by atoms with Gasteiger partial charge in [0.25, 0.3) is 11.1 Å². The molecule has 0 saturated heterocycles. The van der Waals surface area contributed by atoms with Gasteiger partial charge in [0.15, 0.2) is 0 Å². The molecule has 4 aromatic rings. The van der Waals surface area contributed by atoms with Crippen molar-refractivity contribution in [3.8, 4) is 11.5 Å². The van der Waals surface area contributed by atoms with Crippen molar-refractivity contribution in [1.82, 2.24) is 15.2 Å². The number of aromatic nitrogens is 3. The lowest BCUT2D eigenvalue weighted by Gasteiger charge is -2.10. The van der Waals surface area contributed by atoms with Crippen LogP contribution in [0, 0.1) is 5.82 Å². The molecule has 1 amide bonds. The molecule has 0 aliphatic rings. The molecule has 0 aliphatic heterocycles. The summed E-state index contributed by atoms with van der Waals surface area (Å²) < 4.78 is 19.4. The number of aromatic amines is 1. The molecule has 0 unspecified atom stereocenters. The van der Waals surface area contributed by atoms with Crippen molar-refractivity contribution in [1.29, 1.82) is 0 Å². The van der Waals surface area contributed by atoms with Crippen molar-refractivity contribution in [2.24, 2.45) is 0 Å². The second kappa shape index (κ2) is 7.24. The zero-order valence-corrected chi connectivity index (χ0v) is 15.1. The molecule has 0 radical (unpaired) electrons. The van der Waals surface area contributed by atoms with E-state index in [0.717, 1.165) is 28.2 Å². The predicted molar refractivity (Wildman–Crippen MR) is 102 cm³/mol. The molecule has 2 heterocycles. The van der Waals surface area contributed by atoms with Crippen LogP contribution in [0.25, 0.3) is 22.4 Å². The summed E-state index contributed by atoms with van der Waals surface area (Å²) in [5.74, 6) is -0.462. The molecular weight excluding hydrogens is 367 g/mol. The first-order valence-electron chi connectivity index (χ1n) is 8.24. The highest BCUT2D eigenvalue weighted by molar-refractivity contribution is 8.00. The fourth-order valence-electron chi connectivity index (χ4n) is 2.62. The molecule has 1 atom stereocenters. The number of H-pyrrole nitrogens is 1. The highest BCUT2D eigenvalue weighted by Gasteiger charge is 2.20. The number of nitrogens with one attached hydrogen (secondary N) is 2. The van der Waals surface area contributed by atoms with Crippen molar-refractivity contribution in [3.63, 3.8) is 0 Å². The summed E-state index contributed by atoms with van der Waals surface area (Å²) in [6, 6.07) is 13.8. The van der Waals surface area contributed by atoms with E-state index in [2.05, 4.69) is 20.5 Å². The Balaban J connectivity index is 1.47. The summed E-state index contributed by atoms with van der Waals surface area (Å²) in [5.41, 5.74) is 1.91. The van der Waals surface area contributed by atoms with Gasteiger partial charge < -0.3 is 14.7 Å². The Morgan fingerprint density at radius 1 is 1.19 bits per heavy atom. The number of fused-ring (bicyclic) bond motifs is 1. The third-order valence-electron chi connectivity index (χ3n) is 4.00. The van der Waals surface area contributed by atoms with Crippen molar-refractivity contribution >= 4 is 34.3 Å². The number of hydrogen-bond donors (Lipinski definition) is 2. The summed E-state index contributed by atoms with van der Waals surface area (Å²) in [6.45, 7) is 1.69. The van der Waals surface area contributed by atoms with Gasteiger partial charge in [-0.3, -0.25) is 4.79 Å². The number of amides is 1. The van der Waals surface area contributed by atoms with Gasteiger partial charge in [-0.25, -0.2) is 4.39 Å². The van der Waals surface area contributed by atoms with Gasteiger partial charge in [0.1, 0.15) is 5.82 Å². The summed E-state index contributed by atoms with van der Waals surface area (Å²) in [6.07, 6.45) is 1.81. The number of anilines is 1. The number of thioether (sulfide) groups is 1. The second-order valence-corrected chi connectivity index (χ2v) is 7.14. The first-order chi connectivity index (χ1) is 13.1. The summed E-state index contributed by atoms with van der Waals surface area (Å²) in [4.78, 5) is 15.4. The van der Waals surface area contributed by atoms with Crippen LogP contribution in [0.2, 0.25) is 0 Å². The number of carbonyl (C=O) groups is 1. The maximum absolute atomic E-state index is 13.7. The van der Waals surface area contributed by atoms with Gasteiger partial charge in [0, 0.05) is 17.1 Å². The average Bonchev–Trinajstić information content (AvgIpc) is 3.30. The highest BCUT2D eigenvalue weighted by atomic mass is 32.2. The molecule has 0 bridgehead atoms. The SMILES string of the molecule is C[C@@H](Sc1nnc(-c2c[nH]c3ccccc23)o1)C(=O)Nc1ccccc1F. The maximum Gasteiger partial charge on any atom is 0.277 e. The molecule has 0 aliphatic carbocycles. The number of hydrogen-bond acceptors (Lipinski definition) is 5. The molecule has 6 nitrogen and oxygen atoms in total. The van der Waals surface area contributed by atoms with Crippen LogP contribution in [0.4, 0.5) is 10.1 Å². The van der Waals surface area contributed by atoms with E-state index in [1.54, 1.807) is 25.3 Å². The third-order valence-corrected chi connectivity index (χ3v) is 4.94. The number of benzene rings is 2. The number of para-hydroxylation sites is 2. The molecule has 2 aromatic heterocycles. The van der Waals surface area contributed by atoms with Gasteiger partial charge in [0.2, 0.25) is 5.91 Å². The lowest BCUT2D eigenvalue weighted by Crippen LogP contribution is -2.22. The lowest BCUT2D eigenvalue weighted by molar-refractivity contribution is -0.115. The van der Waals surface area contributed by atoms with E-state index in [0.29, 0.717) is 5.89 Å². The molecule has 0 saturated carbocycles. The minimum Gasteiger partial charge on any atom is -0.411 e. The molecule has 4 rings (SSSR count). The average molecular weight is 382 g/mol. The molecule has 27 heavy (non-hydrogen) atoms. The zero-order valence-electron chi connectivity index (χ0n) is 14.3. The van der Waals surface area contributed by atoms with Crippen LogP contribution in [0.3, 0.4) is 0 Å². The van der Waals surface area contributed by atoms with E-state index in [1.165, 1.54) is 12.1 Å². The second-order valence-electron chi connectivity index (χ2n) is 5.85. The Morgan fingerprint density at radius 3 is 2.81 bits per heavy atom. The fourth-order valence-corrected chi connectivity index (χ4v) is 3.30. The Bertz CT molecular complexity index is 1110. The smallest absolute Gasteiger partial charge is 0.277 e. The maximum atomic E-state index is 13.7. The molecule has 8 heteroatoms. The molecule has 136 valence electrons. The van der Waals surface area contributed by atoms with E-state index in [9.17, 15) is 9.18 Å². The van der Waals surface area contributed by atoms with Crippen LogP contribution in [-0.4, -0.2) is 26.3 Å². The Hall–Kier alpha value is -3.13. The van der Waals surface area contributed by atoms with E-state index < -0.39 is 11.1 Å². The van der Waals surface area contributed by atoms with Crippen molar-refractivity contribution in [3.05, 3.63) is 60.5 Å². The quantitative estimate of drug-likeness (QED) is 0.497. The van der Waals surface area contributed by atoms with E-state index in [-0.39, 0.29) is 16.8 Å². The topological polar surface area (TPSA) is 83.8 Å². The Morgan fingerprint density at radius 2 is 1.96 bits per heavy atom. The van der Waals surface area contributed by atoms with Gasteiger partial charge in [-0.15, -0.1) is 10.2 Å². The van der Waals surface area contributed by atoms with Gasteiger partial charge in [0.05, 0.1) is 16.5 Å². The minimum absolute atomic E-state index is 0.139. The van der Waals surface area contributed by atoms with Gasteiger partial charge in [-0.2, -0.15) is 0 Å². The Kier molecular flexibility index (Phi) is 4.64. The number of nitrogens with zero attached hydrogens (tertiary/aromatic N) is 2. The predicted octanol–water partition coefficient (Wildman–Crippen LogP) is 4.48. The van der Waals surface area contributed by atoms with Crippen LogP contribution in [0.15, 0.2) is 64.4 Å². The zero-order chi connectivity index (χ0) is 18.8. The van der Waals surface area contributed by atoms with Gasteiger partial charge >= 0.3 is 0 Å². The summed E-state index contributed by atoms with van der Waals surface area (Å²) in [5, 5.41) is 11.3. The van der Waals surface area contributed by atoms with Crippen molar-refractivity contribution < 1.29 is 13.6 Å². The molecular formula is C19H15FN4O2S. The van der Waals surface area contributed by atoms with E-state index in [4.69, 9.17) is 4.42 Å². The van der Waals surface area contributed by atoms with Crippen LogP contribution in [-0.2, 0) is 4.79 Å². The minimum atomic E-state index is -0.541. The van der Waals surface area contributed by atoms with E-state index >= 15 is 0 Å². The standard InChI is InChI=1S/C19H15FN4O2S/c1-11(17(25)22-16-9-5-3-7-14(16)20)27-19-24-23-18(26-19)13-10-21-15-8-4-2-6-12(13)15/h2-11,21H,1H3,(H,22,25)/t11-/m1/s1. The lowest BCUT2D eigenvalue weighted by atomic mass is 10.2. The normalized spacial score (nSPS) is 12.2. The first kappa shape index (κ1) is 17.3. The summed E-state index contributed by atoms with van der Waals surface area (Å²) >= 11 is 1.12. The Labute approximate surface area is 158 Å².